The first-order valence-electron chi connectivity index (χ1n) is 4.50. The molecule has 88 valence electrons. The fourth-order valence-electron chi connectivity index (χ4n) is 1.22. The van der Waals surface area contributed by atoms with Gasteiger partial charge in [0, 0.05) is 10.9 Å². The predicted molar refractivity (Wildman–Crippen MR) is 70.1 cm³/mol. The van der Waals surface area contributed by atoms with E-state index < -0.39 is 0 Å². The summed E-state index contributed by atoms with van der Waals surface area (Å²) in [5.74, 6) is -0.0127. The van der Waals surface area contributed by atoms with Gasteiger partial charge in [-0.1, -0.05) is 34.4 Å². The Balaban J connectivity index is 2.40. The van der Waals surface area contributed by atoms with Gasteiger partial charge in [-0.05, 0) is 12.1 Å². The van der Waals surface area contributed by atoms with Crippen LogP contribution in [0, 0.1) is 0 Å². The quantitative estimate of drug-likeness (QED) is 0.386. The van der Waals surface area contributed by atoms with Crippen molar-refractivity contribution in [3.05, 3.63) is 38.6 Å². The molecule has 17 heavy (non-hydrogen) atoms. The number of hydrogen-bond acceptors (Lipinski definition) is 4. The van der Waals surface area contributed by atoms with E-state index in [1.54, 1.807) is 23.6 Å². The van der Waals surface area contributed by atoms with Crippen molar-refractivity contribution in [1.82, 2.24) is 4.98 Å². The van der Waals surface area contributed by atoms with Crippen molar-refractivity contribution in [2.75, 3.05) is 0 Å². The smallest absolute Gasteiger partial charge is 0.199 e. The van der Waals surface area contributed by atoms with Gasteiger partial charge in [-0.25, -0.2) is 4.98 Å². The Labute approximate surface area is 111 Å². The summed E-state index contributed by atoms with van der Waals surface area (Å²) in [5, 5.41) is 14.6. The van der Waals surface area contributed by atoms with Crippen LogP contribution >= 0.6 is 34.5 Å². The van der Waals surface area contributed by atoms with Gasteiger partial charge >= 0.3 is 0 Å². The van der Waals surface area contributed by atoms with E-state index >= 15 is 0 Å². The lowest BCUT2D eigenvalue weighted by Crippen LogP contribution is -2.12. The summed E-state index contributed by atoms with van der Waals surface area (Å²) in [6.07, 6.45) is 0. The molecule has 1 aromatic heterocycles. The molecule has 0 aliphatic carbocycles. The molecule has 2 aromatic rings. The molecule has 0 bridgehead atoms. The first-order chi connectivity index (χ1) is 8.11. The zero-order valence-electron chi connectivity index (χ0n) is 8.39. The third kappa shape index (κ3) is 2.52. The van der Waals surface area contributed by atoms with E-state index in [4.69, 9.17) is 34.1 Å². The van der Waals surface area contributed by atoms with Crippen molar-refractivity contribution in [2.24, 2.45) is 10.9 Å². The molecule has 0 aliphatic heterocycles. The maximum atomic E-state index is 8.54. The van der Waals surface area contributed by atoms with Gasteiger partial charge in [0.25, 0.3) is 0 Å². The van der Waals surface area contributed by atoms with Crippen LogP contribution in [0.3, 0.4) is 0 Å². The Morgan fingerprint density at radius 3 is 2.76 bits per heavy atom. The summed E-state index contributed by atoms with van der Waals surface area (Å²) in [7, 11) is 0. The Morgan fingerprint density at radius 1 is 1.35 bits per heavy atom. The van der Waals surface area contributed by atoms with Gasteiger partial charge in [0.15, 0.2) is 10.8 Å². The van der Waals surface area contributed by atoms with E-state index in [-0.39, 0.29) is 5.84 Å². The molecule has 1 aromatic carbocycles. The number of hydrogen-bond donors (Lipinski definition) is 2. The number of benzene rings is 1. The summed E-state index contributed by atoms with van der Waals surface area (Å²) in [6.45, 7) is 0. The van der Waals surface area contributed by atoms with Crippen molar-refractivity contribution in [3.8, 4) is 11.3 Å². The van der Waals surface area contributed by atoms with Crippen molar-refractivity contribution in [3.63, 3.8) is 0 Å². The minimum atomic E-state index is -0.0127. The lowest BCUT2D eigenvalue weighted by atomic mass is 10.2. The number of thiazole rings is 1. The van der Waals surface area contributed by atoms with Gasteiger partial charge in [0.05, 0.1) is 15.7 Å². The van der Waals surface area contributed by atoms with Crippen LogP contribution in [0.25, 0.3) is 11.3 Å². The summed E-state index contributed by atoms with van der Waals surface area (Å²) >= 11 is 13.0. The minimum Gasteiger partial charge on any atom is -0.409 e. The van der Waals surface area contributed by atoms with Crippen molar-refractivity contribution < 1.29 is 5.21 Å². The zero-order chi connectivity index (χ0) is 12.4. The van der Waals surface area contributed by atoms with Crippen LogP contribution in [0.15, 0.2) is 28.7 Å². The molecule has 4 nitrogen and oxygen atoms in total. The molecule has 7 heteroatoms. The Morgan fingerprint density at radius 2 is 2.12 bits per heavy atom. The van der Waals surface area contributed by atoms with E-state index in [0.717, 1.165) is 5.56 Å². The van der Waals surface area contributed by atoms with E-state index in [9.17, 15) is 0 Å². The van der Waals surface area contributed by atoms with Crippen LogP contribution in [0.1, 0.15) is 5.01 Å². The van der Waals surface area contributed by atoms with E-state index in [0.29, 0.717) is 20.7 Å². The van der Waals surface area contributed by atoms with Gasteiger partial charge in [0.1, 0.15) is 0 Å². The van der Waals surface area contributed by atoms with Gasteiger partial charge < -0.3 is 10.9 Å². The van der Waals surface area contributed by atoms with Crippen LogP contribution in [0.2, 0.25) is 10.0 Å². The lowest BCUT2D eigenvalue weighted by Gasteiger charge is -1.99. The maximum Gasteiger partial charge on any atom is 0.199 e. The van der Waals surface area contributed by atoms with Crippen molar-refractivity contribution in [1.29, 1.82) is 0 Å². The Kier molecular flexibility index (Phi) is 3.51. The number of halogens is 2. The molecule has 0 saturated carbocycles. The lowest BCUT2D eigenvalue weighted by molar-refractivity contribution is 0.318. The van der Waals surface area contributed by atoms with Gasteiger partial charge in [-0.2, -0.15) is 0 Å². The topological polar surface area (TPSA) is 71.5 Å². The first-order valence-corrected chi connectivity index (χ1v) is 6.14. The standard InChI is InChI=1S/C10H7Cl2N3OS/c11-6-2-1-5(3-7(6)12)8-4-17-10(14-8)9(13)15-16/h1-4,16H,(H2,13,15). The average Bonchev–Trinajstić information content (AvgIpc) is 2.81. The molecule has 0 amide bonds. The second-order valence-electron chi connectivity index (χ2n) is 3.15. The molecule has 0 radical (unpaired) electrons. The maximum absolute atomic E-state index is 8.54. The predicted octanol–water partition coefficient (Wildman–Crippen LogP) is 3.21. The molecular weight excluding hydrogens is 281 g/mol. The van der Waals surface area contributed by atoms with Gasteiger partial charge in [-0.3, -0.25) is 0 Å². The highest BCUT2D eigenvalue weighted by atomic mass is 35.5. The average molecular weight is 288 g/mol. The van der Waals surface area contributed by atoms with Crippen molar-refractivity contribution in [2.45, 2.75) is 0 Å². The summed E-state index contributed by atoms with van der Waals surface area (Å²) in [6, 6.07) is 5.22. The summed E-state index contributed by atoms with van der Waals surface area (Å²) in [5.41, 5.74) is 6.97. The largest absolute Gasteiger partial charge is 0.409 e. The molecule has 3 N–H and O–H groups in total. The molecule has 0 atom stereocenters. The number of oxime groups is 1. The van der Waals surface area contributed by atoms with Crippen molar-refractivity contribution >= 4 is 40.4 Å². The summed E-state index contributed by atoms with van der Waals surface area (Å²) in [4.78, 5) is 4.22. The van der Waals surface area contributed by atoms with E-state index in [1.807, 2.05) is 0 Å². The molecular formula is C10H7Cl2N3OS. The highest BCUT2D eigenvalue weighted by Gasteiger charge is 2.09. The second-order valence-corrected chi connectivity index (χ2v) is 4.82. The second kappa shape index (κ2) is 4.91. The number of nitrogens with zero attached hydrogens (tertiary/aromatic N) is 2. The first kappa shape index (κ1) is 12.2. The highest BCUT2D eigenvalue weighted by Crippen LogP contribution is 2.29. The normalized spacial score (nSPS) is 11.8. The van der Waals surface area contributed by atoms with E-state index in [1.165, 1.54) is 11.3 Å². The number of nitrogens with two attached hydrogens (primary N) is 1. The number of rotatable bonds is 2. The number of aromatic nitrogens is 1. The molecule has 0 aliphatic rings. The summed E-state index contributed by atoms with van der Waals surface area (Å²) < 4.78 is 0. The SMILES string of the molecule is N/C(=N/O)c1nc(-c2ccc(Cl)c(Cl)c2)cs1. The third-order valence-corrected chi connectivity index (χ3v) is 3.65. The molecule has 0 spiro atoms. The molecule has 0 saturated heterocycles. The molecule has 0 fully saturated rings. The zero-order valence-corrected chi connectivity index (χ0v) is 10.7. The van der Waals surface area contributed by atoms with Crippen LogP contribution in [-0.4, -0.2) is 16.0 Å². The van der Waals surface area contributed by atoms with Gasteiger partial charge in [0.2, 0.25) is 0 Å². The molecule has 1 heterocycles. The van der Waals surface area contributed by atoms with Crippen LogP contribution in [0.4, 0.5) is 0 Å². The number of amidine groups is 1. The third-order valence-electron chi connectivity index (χ3n) is 2.05. The van der Waals surface area contributed by atoms with E-state index in [2.05, 4.69) is 10.1 Å². The Bertz CT molecular complexity index is 583. The highest BCUT2D eigenvalue weighted by molar-refractivity contribution is 7.12. The minimum absolute atomic E-state index is 0.0127. The fourth-order valence-corrected chi connectivity index (χ4v) is 2.24. The molecule has 2 rings (SSSR count). The monoisotopic (exact) mass is 287 g/mol. The fraction of sp³-hybridized carbons (Fsp3) is 0. The van der Waals surface area contributed by atoms with Crippen LogP contribution in [-0.2, 0) is 0 Å². The molecule has 0 unspecified atom stereocenters. The van der Waals surface area contributed by atoms with Crippen LogP contribution < -0.4 is 5.73 Å². The Hall–Kier alpha value is -1.30. The van der Waals surface area contributed by atoms with Crippen LogP contribution in [0.5, 0.6) is 0 Å². The van der Waals surface area contributed by atoms with Gasteiger partial charge in [-0.15, -0.1) is 11.3 Å².